The van der Waals surface area contributed by atoms with Crippen molar-refractivity contribution in [3.8, 4) is 33.9 Å². The summed E-state index contributed by atoms with van der Waals surface area (Å²) in [5.41, 5.74) is 4.72. The van der Waals surface area contributed by atoms with Gasteiger partial charge in [-0.25, -0.2) is 4.98 Å². The van der Waals surface area contributed by atoms with E-state index < -0.39 is 0 Å². The van der Waals surface area contributed by atoms with Crippen LogP contribution in [0.2, 0.25) is 0 Å². The van der Waals surface area contributed by atoms with E-state index in [9.17, 15) is 0 Å². The molecule has 0 spiro atoms. The number of rotatable bonds is 3. The van der Waals surface area contributed by atoms with E-state index in [4.69, 9.17) is 10.1 Å². The zero-order chi connectivity index (χ0) is 18.1. The van der Waals surface area contributed by atoms with Crippen LogP contribution in [0.25, 0.3) is 39.7 Å². The van der Waals surface area contributed by atoms with Crippen LogP contribution in [0.15, 0.2) is 91.3 Å². The van der Waals surface area contributed by atoms with Gasteiger partial charge in [0, 0.05) is 29.1 Å². The van der Waals surface area contributed by atoms with Crippen LogP contribution in [0, 0.1) is 0 Å². The maximum Gasteiger partial charge on any atom is 0.253 e. The molecule has 0 aliphatic carbocycles. The number of hydrogen-bond donors (Lipinski definition) is 0. The number of nitrogens with zero attached hydrogens (tertiary/aromatic N) is 5. The van der Waals surface area contributed by atoms with E-state index in [0.717, 1.165) is 28.1 Å². The fourth-order valence-corrected chi connectivity index (χ4v) is 3.05. The average molecular weight is 349 g/mol. The van der Waals surface area contributed by atoms with Crippen LogP contribution in [0.4, 0.5) is 0 Å². The molecular weight excluding hydrogens is 334 g/mol. The summed E-state index contributed by atoms with van der Waals surface area (Å²) in [6.07, 6.45) is 3.59. The molecule has 2 aromatic carbocycles. The smallest absolute Gasteiger partial charge is 0.253 e. The molecule has 0 aliphatic heterocycles. The molecule has 0 fully saturated rings. The molecule has 3 heterocycles. The molecule has 0 unspecified atom stereocenters. The third kappa shape index (κ3) is 2.85. The summed E-state index contributed by atoms with van der Waals surface area (Å²) in [4.78, 5) is 13.7. The van der Waals surface area contributed by atoms with Crippen molar-refractivity contribution in [3.63, 3.8) is 0 Å². The van der Waals surface area contributed by atoms with Gasteiger partial charge in [-0.15, -0.1) is 5.10 Å². The minimum atomic E-state index is 0.564. The molecule has 5 heteroatoms. The molecule has 5 nitrogen and oxygen atoms in total. The minimum absolute atomic E-state index is 0.564. The van der Waals surface area contributed by atoms with E-state index in [1.165, 1.54) is 0 Å². The summed E-state index contributed by atoms with van der Waals surface area (Å²) in [5, 5.41) is 4.71. The summed E-state index contributed by atoms with van der Waals surface area (Å²) in [7, 11) is 0. The van der Waals surface area contributed by atoms with Crippen LogP contribution >= 0.6 is 0 Å². The van der Waals surface area contributed by atoms with E-state index >= 15 is 0 Å². The number of aromatic nitrogens is 5. The van der Waals surface area contributed by atoms with Gasteiger partial charge in [0.2, 0.25) is 0 Å². The second kappa shape index (κ2) is 6.46. The average Bonchev–Trinajstić information content (AvgIpc) is 3.19. The van der Waals surface area contributed by atoms with Gasteiger partial charge in [0.15, 0.2) is 5.82 Å². The number of pyridine rings is 1. The van der Waals surface area contributed by atoms with Crippen LogP contribution in [-0.2, 0) is 0 Å². The number of fused-ring (bicyclic) bond motifs is 1. The second-order valence-electron chi connectivity index (χ2n) is 6.15. The highest BCUT2D eigenvalue weighted by atomic mass is 15.3. The Kier molecular flexibility index (Phi) is 3.68. The van der Waals surface area contributed by atoms with Crippen molar-refractivity contribution >= 4 is 5.78 Å². The van der Waals surface area contributed by atoms with Crippen LogP contribution in [0.1, 0.15) is 0 Å². The molecular formula is C22H15N5. The topological polar surface area (TPSA) is 56.0 Å². The van der Waals surface area contributed by atoms with Crippen molar-refractivity contribution in [1.29, 1.82) is 0 Å². The Morgan fingerprint density at radius 3 is 2.07 bits per heavy atom. The largest absolute Gasteiger partial charge is 0.264 e. The summed E-state index contributed by atoms with van der Waals surface area (Å²) in [6.45, 7) is 0. The van der Waals surface area contributed by atoms with Crippen molar-refractivity contribution in [3.05, 3.63) is 91.3 Å². The molecule has 0 saturated heterocycles. The van der Waals surface area contributed by atoms with Crippen molar-refractivity contribution in [2.45, 2.75) is 0 Å². The third-order valence-electron chi connectivity index (χ3n) is 4.37. The lowest BCUT2D eigenvalue weighted by molar-refractivity contribution is 0.951. The maximum atomic E-state index is 4.75. The van der Waals surface area contributed by atoms with Crippen molar-refractivity contribution in [1.82, 2.24) is 24.6 Å². The van der Waals surface area contributed by atoms with Crippen LogP contribution in [0.5, 0.6) is 0 Å². The standard InChI is InChI=1S/C22H15N5/c1-3-8-16(9-4-1)19-14-20(18-12-7-13-23-15-18)27-22(24-19)25-21(26-27)17-10-5-2-6-11-17/h1-15H. The predicted octanol–water partition coefficient (Wildman–Crippen LogP) is 4.52. The molecule has 5 rings (SSSR count). The highest BCUT2D eigenvalue weighted by Crippen LogP contribution is 2.26. The Morgan fingerprint density at radius 1 is 0.667 bits per heavy atom. The first-order valence-electron chi connectivity index (χ1n) is 8.67. The lowest BCUT2D eigenvalue weighted by Crippen LogP contribution is -1.99. The van der Waals surface area contributed by atoms with Gasteiger partial charge in [0.1, 0.15) is 0 Å². The highest BCUT2D eigenvalue weighted by Gasteiger charge is 2.14. The van der Waals surface area contributed by atoms with Crippen molar-refractivity contribution in [2.24, 2.45) is 0 Å². The first-order valence-corrected chi connectivity index (χ1v) is 8.67. The van der Waals surface area contributed by atoms with Gasteiger partial charge in [-0.05, 0) is 18.2 Å². The molecule has 0 radical (unpaired) electrons. The van der Waals surface area contributed by atoms with Gasteiger partial charge >= 0.3 is 0 Å². The molecule has 0 aliphatic rings. The van der Waals surface area contributed by atoms with E-state index in [1.54, 1.807) is 10.7 Å². The number of hydrogen-bond acceptors (Lipinski definition) is 4. The lowest BCUT2D eigenvalue weighted by atomic mass is 10.1. The summed E-state index contributed by atoms with van der Waals surface area (Å²) in [6, 6.07) is 26.0. The van der Waals surface area contributed by atoms with Crippen molar-refractivity contribution in [2.75, 3.05) is 0 Å². The van der Waals surface area contributed by atoms with Gasteiger partial charge in [0.05, 0.1) is 11.4 Å². The SMILES string of the molecule is c1ccc(-c2cc(-c3cccnc3)n3nc(-c4ccccc4)nc3n2)cc1. The Hall–Kier alpha value is -3.86. The first kappa shape index (κ1) is 15.4. The zero-order valence-electron chi connectivity index (χ0n) is 14.4. The third-order valence-corrected chi connectivity index (χ3v) is 4.37. The predicted molar refractivity (Wildman–Crippen MR) is 105 cm³/mol. The lowest BCUT2D eigenvalue weighted by Gasteiger charge is -2.07. The van der Waals surface area contributed by atoms with Crippen LogP contribution in [0.3, 0.4) is 0 Å². The van der Waals surface area contributed by atoms with E-state index in [2.05, 4.69) is 9.97 Å². The Labute approximate surface area is 156 Å². The second-order valence-corrected chi connectivity index (χ2v) is 6.15. The highest BCUT2D eigenvalue weighted by molar-refractivity contribution is 5.71. The molecule has 0 amide bonds. The maximum absolute atomic E-state index is 4.75. The van der Waals surface area contributed by atoms with Crippen LogP contribution < -0.4 is 0 Å². The van der Waals surface area contributed by atoms with E-state index in [0.29, 0.717) is 11.6 Å². The summed E-state index contributed by atoms with van der Waals surface area (Å²) in [5.74, 6) is 1.22. The quantitative estimate of drug-likeness (QED) is 0.480. The molecule has 0 bridgehead atoms. The van der Waals surface area contributed by atoms with E-state index in [-0.39, 0.29) is 0 Å². The summed E-state index contributed by atoms with van der Waals surface area (Å²) < 4.78 is 1.78. The Balaban J connectivity index is 1.78. The molecule has 0 atom stereocenters. The molecule has 3 aromatic heterocycles. The van der Waals surface area contributed by atoms with E-state index in [1.807, 2.05) is 85.1 Å². The Morgan fingerprint density at radius 2 is 1.37 bits per heavy atom. The summed E-state index contributed by atoms with van der Waals surface area (Å²) >= 11 is 0. The fourth-order valence-electron chi connectivity index (χ4n) is 3.05. The zero-order valence-corrected chi connectivity index (χ0v) is 14.4. The Bertz CT molecular complexity index is 1200. The van der Waals surface area contributed by atoms with Gasteiger partial charge < -0.3 is 0 Å². The first-order chi connectivity index (χ1) is 13.4. The molecule has 5 aromatic rings. The van der Waals surface area contributed by atoms with Gasteiger partial charge in [0.25, 0.3) is 5.78 Å². The molecule has 27 heavy (non-hydrogen) atoms. The van der Waals surface area contributed by atoms with Gasteiger partial charge in [-0.1, -0.05) is 60.7 Å². The van der Waals surface area contributed by atoms with Gasteiger partial charge in [-0.3, -0.25) is 4.98 Å². The molecule has 0 N–H and O–H groups in total. The number of benzene rings is 2. The van der Waals surface area contributed by atoms with Gasteiger partial charge in [-0.2, -0.15) is 9.50 Å². The molecule has 128 valence electrons. The fraction of sp³-hybridized carbons (Fsp3) is 0. The normalized spacial score (nSPS) is 11.0. The van der Waals surface area contributed by atoms with Crippen LogP contribution in [-0.4, -0.2) is 24.6 Å². The van der Waals surface area contributed by atoms with Crippen molar-refractivity contribution < 1.29 is 0 Å². The molecule has 0 saturated carbocycles. The minimum Gasteiger partial charge on any atom is -0.264 e. The monoisotopic (exact) mass is 349 g/mol.